The van der Waals surface area contributed by atoms with Gasteiger partial charge in [-0.2, -0.15) is 0 Å². The molecule has 2 atom stereocenters. The van der Waals surface area contributed by atoms with Crippen LogP contribution in [0.2, 0.25) is 0 Å². The predicted molar refractivity (Wildman–Crippen MR) is 46.5 cm³/mol. The van der Waals surface area contributed by atoms with Gasteiger partial charge < -0.3 is 10.4 Å². The first-order chi connectivity index (χ1) is 5.34. The highest BCUT2D eigenvalue weighted by Crippen LogP contribution is 2.17. The Balaban J connectivity index is 2.18. The summed E-state index contributed by atoms with van der Waals surface area (Å²) in [5, 5.41) is 12.9. The van der Waals surface area contributed by atoms with Crippen LogP contribution in [0.15, 0.2) is 0 Å². The van der Waals surface area contributed by atoms with Crippen molar-refractivity contribution in [3.05, 3.63) is 0 Å². The lowest BCUT2D eigenvalue weighted by Crippen LogP contribution is -2.39. The molecule has 0 aromatic rings. The van der Waals surface area contributed by atoms with E-state index in [9.17, 15) is 5.11 Å². The third-order valence-electron chi connectivity index (χ3n) is 2.50. The van der Waals surface area contributed by atoms with Gasteiger partial charge in [0.2, 0.25) is 0 Å². The second kappa shape index (κ2) is 4.73. The number of hydrogen-bond donors (Lipinski definition) is 2. The maximum Gasteiger partial charge on any atom is 0.0592 e. The van der Waals surface area contributed by atoms with E-state index in [1.807, 2.05) is 0 Å². The highest BCUT2D eigenvalue weighted by molar-refractivity contribution is 4.76. The second-order valence-corrected chi connectivity index (χ2v) is 3.46. The molecule has 1 fully saturated rings. The minimum atomic E-state index is -0.0391. The molecular formula is C9H19NO. The Morgan fingerprint density at radius 2 is 2.36 bits per heavy atom. The minimum Gasteiger partial charge on any atom is -0.393 e. The zero-order valence-corrected chi connectivity index (χ0v) is 7.34. The molecule has 11 heavy (non-hydrogen) atoms. The lowest BCUT2D eigenvalue weighted by molar-refractivity contribution is 0.0734. The molecule has 0 unspecified atom stereocenters. The molecule has 0 bridgehead atoms. The average molecular weight is 157 g/mol. The molecule has 1 rings (SSSR count). The molecule has 1 aliphatic rings. The van der Waals surface area contributed by atoms with Gasteiger partial charge in [0, 0.05) is 6.54 Å². The quantitative estimate of drug-likeness (QED) is 0.644. The summed E-state index contributed by atoms with van der Waals surface area (Å²) in [5.74, 6) is 0.517. The van der Waals surface area contributed by atoms with E-state index in [0.29, 0.717) is 5.92 Å². The van der Waals surface area contributed by atoms with E-state index >= 15 is 0 Å². The van der Waals surface area contributed by atoms with Crippen LogP contribution in [0.4, 0.5) is 0 Å². The molecule has 1 heterocycles. The number of aliphatic hydroxyl groups is 1. The maximum absolute atomic E-state index is 9.56. The Labute approximate surface area is 69.0 Å². The smallest absolute Gasteiger partial charge is 0.0592 e. The third-order valence-corrected chi connectivity index (χ3v) is 2.50. The Morgan fingerprint density at radius 3 is 3.00 bits per heavy atom. The molecule has 1 aliphatic heterocycles. The van der Waals surface area contributed by atoms with Gasteiger partial charge in [-0.1, -0.05) is 19.8 Å². The lowest BCUT2D eigenvalue weighted by atomic mass is 9.91. The monoisotopic (exact) mass is 157 g/mol. The number of unbranched alkanes of at least 4 members (excludes halogenated alkanes) is 1. The highest BCUT2D eigenvalue weighted by Gasteiger charge is 2.21. The van der Waals surface area contributed by atoms with Crippen LogP contribution in [0.1, 0.15) is 32.6 Å². The first-order valence-electron chi connectivity index (χ1n) is 4.73. The van der Waals surface area contributed by atoms with Gasteiger partial charge in [-0.15, -0.1) is 0 Å². The van der Waals surface area contributed by atoms with Gasteiger partial charge in [0.15, 0.2) is 0 Å². The van der Waals surface area contributed by atoms with Crippen LogP contribution < -0.4 is 5.32 Å². The van der Waals surface area contributed by atoms with Crippen molar-refractivity contribution in [3.8, 4) is 0 Å². The maximum atomic E-state index is 9.56. The van der Waals surface area contributed by atoms with Crippen molar-refractivity contribution in [1.82, 2.24) is 5.32 Å². The van der Waals surface area contributed by atoms with Gasteiger partial charge >= 0.3 is 0 Å². The fraction of sp³-hybridized carbons (Fsp3) is 1.00. The molecule has 0 aromatic carbocycles. The van der Waals surface area contributed by atoms with Crippen LogP contribution in [-0.2, 0) is 0 Å². The number of piperidine rings is 1. The van der Waals surface area contributed by atoms with Crippen molar-refractivity contribution in [2.45, 2.75) is 38.7 Å². The van der Waals surface area contributed by atoms with Crippen molar-refractivity contribution in [2.75, 3.05) is 13.1 Å². The summed E-state index contributed by atoms with van der Waals surface area (Å²) in [6.45, 7) is 4.20. The summed E-state index contributed by atoms with van der Waals surface area (Å²) < 4.78 is 0. The van der Waals surface area contributed by atoms with E-state index in [2.05, 4.69) is 12.2 Å². The Hall–Kier alpha value is -0.0800. The van der Waals surface area contributed by atoms with Gasteiger partial charge in [0.05, 0.1) is 6.10 Å². The van der Waals surface area contributed by atoms with E-state index in [-0.39, 0.29) is 6.10 Å². The zero-order chi connectivity index (χ0) is 8.10. The largest absolute Gasteiger partial charge is 0.393 e. The number of hydrogen-bond acceptors (Lipinski definition) is 2. The van der Waals surface area contributed by atoms with Crippen LogP contribution >= 0.6 is 0 Å². The molecule has 66 valence electrons. The molecule has 2 N–H and O–H groups in total. The lowest BCUT2D eigenvalue weighted by Gasteiger charge is -2.28. The minimum absolute atomic E-state index is 0.0391. The first kappa shape index (κ1) is 9.01. The van der Waals surface area contributed by atoms with Crippen molar-refractivity contribution < 1.29 is 5.11 Å². The summed E-state index contributed by atoms with van der Waals surface area (Å²) in [7, 11) is 0. The summed E-state index contributed by atoms with van der Waals surface area (Å²) in [6, 6.07) is 0. The van der Waals surface area contributed by atoms with Gasteiger partial charge in [-0.3, -0.25) is 0 Å². The van der Waals surface area contributed by atoms with Crippen molar-refractivity contribution in [1.29, 1.82) is 0 Å². The summed E-state index contributed by atoms with van der Waals surface area (Å²) >= 11 is 0. The fourth-order valence-electron chi connectivity index (χ4n) is 1.67. The molecule has 2 nitrogen and oxygen atoms in total. The SMILES string of the molecule is CCCC[C@@H]1CNCC[C@@H]1O. The van der Waals surface area contributed by atoms with Crippen LogP contribution in [0.25, 0.3) is 0 Å². The van der Waals surface area contributed by atoms with E-state index in [1.165, 1.54) is 19.3 Å². The standard InChI is InChI=1S/C9H19NO/c1-2-3-4-8-7-10-6-5-9(8)11/h8-11H,2-7H2,1H3/t8-,9+/m1/s1. The van der Waals surface area contributed by atoms with Crippen LogP contribution in [0, 0.1) is 5.92 Å². The van der Waals surface area contributed by atoms with Crippen molar-refractivity contribution in [2.24, 2.45) is 5.92 Å². The molecule has 2 heteroatoms. The molecule has 1 saturated heterocycles. The van der Waals surface area contributed by atoms with Crippen LogP contribution in [-0.4, -0.2) is 24.3 Å². The summed E-state index contributed by atoms with van der Waals surface area (Å²) in [5.41, 5.74) is 0. The van der Waals surface area contributed by atoms with Crippen LogP contribution in [0.3, 0.4) is 0 Å². The molecule has 0 spiro atoms. The number of rotatable bonds is 3. The van der Waals surface area contributed by atoms with Crippen molar-refractivity contribution in [3.63, 3.8) is 0 Å². The molecule has 0 aromatic heterocycles. The van der Waals surface area contributed by atoms with Crippen LogP contribution in [0.5, 0.6) is 0 Å². The van der Waals surface area contributed by atoms with Crippen molar-refractivity contribution >= 4 is 0 Å². The topological polar surface area (TPSA) is 32.3 Å². The number of aliphatic hydroxyl groups excluding tert-OH is 1. The van der Waals surface area contributed by atoms with Gasteiger partial charge in [-0.25, -0.2) is 0 Å². The zero-order valence-electron chi connectivity index (χ0n) is 7.34. The molecule has 0 radical (unpaired) electrons. The molecule has 0 aliphatic carbocycles. The van der Waals surface area contributed by atoms with E-state index < -0.39 is 0 Å². The Bertz CT molecular complexity index is 106. The first-order valence-corrected chi connectivity index (χ1v) is 4.73. The predicted octanol–water partition coefficient (Wildman–Crippen LogP) is 1.15. The average Bonchev–Trinajstić information content (AvgIpc) is 2.03. The summed E-state index contributed by atoms with van der Waals surface area (Å²) in [6.07, 6.45) is 4.58. The van der Waals surface area contributed by atoms with E-state index in [0.717, 1.165) is 19.5 Å². The number of nitrogens with one attached hydrogen (secondary N) is 1. The van der Waals surface area contributed by atoms with Gasteiger partial charge in [0.25, 0.3) is 0 Å². The third kappa shape index (κ3) is 2.80. The van der Waals surface area contributed by atoms with Gasteiger partial charge in [-0.05, 0) is 25.3 Å². The Morgan fingerprint density at radius 1 is 1.55 bits per heavy atom. The fourth-order valence-corrected chi connectivity index (χ4v) is 1.67. The van der Waals surface area contributed by atoms with E-state index in [4.69, 9.17) is 0 Å². The molecule has 0 saturated carbocycles. The Kier molecular flexibility index (Phi) is 3.87. The van der Waals surface area contributed by atoms with Gasteiger partial charge in [0.1, 0.15) is 0 Å². The highest BCUT2D eigenvalue weighted by atomic mass is 16.3. The van der Waals surface area contributed by atoms with E-state index in [1.54, 1.807) is 0 Å². The second-order valence-electron chi connectivity index (χ2n) is 3.46. The summed E-state index contributed by atoms with van der Waals surface area (Å²) in [4.78, 5) is 0. The molecule has 0 amide bonds. The molecular weight excluding hydrogens is 138 g/mol. The normalized spacial score (nSPS) is 32.2.